The lowest BCUT2D eigenvalue weighted by atomic mass is 9.88. The first-order valence-corrected chi connectivity index (χ1v) is 9.78. The van der Waals surface area contributed by atoms with Crippen LogP contribution in [0.15, 0.2) is 36.7 Å². The van der Waals surface area contributed by atoms with Gasteiger partial charge in [0.1, 0.15) is 0 Å². The van der Waals surface area contributed by atoms with Crippen molar-refractivity contribution in [2.75, 3.05) is 20.1 Å². The fraction of sp³-hybridized carbons (Fsp3) is 0.435. The third-order valence-corrected chi connectivity index (χ3v) is 6.04. The number of hydrogen-bond acceptors (Lipinski definition) is 3. The van der Waals surface area contributed by atoms with Gasteiger partial charge in [-0.25, -0.2) is 0 Å². The summed E-state index contributed by atoms with van der Waals surface area (Å²) in [5.41, 5.74) is 6.59. The Hall–Kier alpha value is -2.17. The fourth-order valence-electron chi connectivity index (χ4n) is 4.57. The minimum Gasteiger partial charge on any atom is -0.385 e. The number of nitrogens with zero attached hydrogens (tertiary/aromatic N) is 3. The Morgan fingerprint density at radius 1 is 1.19 bits per heavy atom. The largest absolute Gasteiger partial charge is 0.385 e. The number of aryl methyl sites for hydroxylation is 2. The standard InChI is InChI=1S/C23H29N3O/c1-16-12-17(14-23(2,27)18-6-5-9-24-15-18)22-20(13-16)19-7-10-25(3)11-8-21(19)26(22)4/h5-6,9,12-13,15,27H,7-8,10-11,14H2,1-4H3. The summed E-state index contributed by atoms with van der Waals surface area (Å²) >= 11 is 0. The molecule has 4 heteroatoms. The Morgan fingerprint density at radius 2 is 1.96 bits per heavy atom. The molecule has 142 valence electrons. The molecule has 4 rings (SSSR count). The van der Waals surface area contributed by atoms with Crippen LogP contribution in [0.4, 0.5) is 0 Å². The van der Waals surface area contributed by atoms with Crippen LogP contribution in [0.2, 0.25) is 0 Å². The molecule has 0 spiro atoms. The summed E-state index contributed by atoms with van der Waals surface area (Å²) in [4.78, 5) is 6.60. The molecule has 2 aromatic heterocycles. The molecular formula is C23H29N3O. The van der Waals surface area contributed by atoms with Crippen LogP contribution in [0.25, 0.3) is 10.9 Å². The summed E-state index contributed by atoms with van der Waals surface area (Å²) in [6.07, 6.45) is 6.26. The van der Waals surface area contributed by atoms with E-state index in [2.05, 4.69) is 47.6 Å². The van der Waals surface area contributed by atoms with E-state index in [0.717, 1.165) is 31.5 Å². The van der Waals surface area contributed by atoms with Crippen molar-refractivity contribution in [3.05, 3.63) is 64.6 Å². The highest BCUT2D eigenvalue weighted by atomic mass is 16.3. The van der Waals surface area contributed by atoms with Crippen LogP contribution in [-0.2, 0) is 31.9 Å². The quantitative estimate of drug-likeness (QED) is 0.776. The van der Waals surface area contributed by atoms with Gasteiger partial charge in [-0.2, -0.15) is 0 Å². The highest BCUT2D eigenvalue weighted by molar-refractivity contribution is 5.89. The molecular weight excluding hydrogens is 334 g/mol. The Bertz CT molecular complexity index is 972. The molecule has 1 aliphatic rings. The molecule has 0 bridgehead atoms. The van der Waals surface area contributed by atoms with Crippen LogP contribution in [0.5, 0.6) is 0 Å². The Morgan fingerprint density at radius 3 is 2.70 bits per heavy atom. The molecule has 1 aliphatic heterocycles. The second-order valence-electron chi connectivity index (χ2n) is 8.30. The highest BCUT2D eigenvalue weighted by Crippen LogP contribution is 2.35. The fourth-order valence-corrected chi connectivity index (χ4v) is 4.57. The Labute approximate surface area is 161 Å². The maximum atomic E-state index is 11.2. The van der Waals surface area contributed by atoms with Crippen molar-refractivity contribution in [1.29, 1.82) is 0 Å². The molecule has 0 aliphatic carbocycles. The van der Waals surface area contributed by atoms with E-state index in [4.69, 9.17) is 0 Å². The lowest BCUT2D eigenvalue weighted by molar-refractivity contribution is 0.0575. The van der Waals surface area contributed by atoms with E-state index in [1.807, 2.05) is 19.1 Å². The van der Waals surface area contributed by atoms with E-state index in [1.165, 1.54) is 33.3 Å². The minimum absolute atomic E-state index is 0.577. The predicted molar refractivity (Wildman–Crippen MR) is 110 cm³/mol. The van der Waals surface area contributed by atoms with Crippen LogP contribution in [-0.4, -0.2) is 39.7 Å². The molecule has 3 aromatic rings. The number of aliphatic hydroxyl groups is 1. The zero-order chi connectivity index (χ0) is 19.2. The topological polar surface area (TPSA) is 41.3 Å². The van der Waals surface area contributed by atoms with E-state index in [-0.39, 0.29) is 0 Å². The normalized spacial score (nSPS) is 17.5. The van der Waals surface area contributed by atoms with E-state index < -0.39 is 5.60 Å². The molecule has 0 radical (unpaired) electrons. The molecule has 4 nitrogen and oxygen atoms in total. The molecule has 0 saturated heterocycles. The average molecular weight is 364 g/mol. The van der Waals surface area contributed by atoms with Crippen molar-refractivity contribution in [1.82, 2.24) is 14.5 Å². The SMILES string of the molecule is Cc1cc(CC(C)(O)c2cccnc2)c2c(c1)c1c(n2C)CCN(C)CC1. The van der Waals surface area contributed by atoms with Crippen molar-refractivity contribution in [2.45, 2.75) is 38.7 Å². The van der Waals surface area contributed by atoms with Crippen molar-refractivity contribution in [2.24, 2.45) is 7.05 Å². The van der Waals surface area contributed by atoms with Gasteiger partial charge in [0.2, 0.25) is 0 Å². The number of hydrogen-bond donors (Lipinski definition) is 1. The molecule has 1 aromatic carbocycles. The van der Waals surface area contributed by atoms with Crippen molar-refractivity contribution >= 4 is 10.9 Å². The molecule has 0 amide bonds. The minimum atomic E-state index is -0.948. The number of fused-ring (bicyclic) bond motifs is 3. The highest BCUT2D eigenvalue weighted by Gasteiger charge is 2.27. The van der Waals surface area contributed by atoms with Crippen molar-refractivity contribution < 1.29 is 5.11 Å². The molecule has 1 unspecified atom stereocenters. The summed E-state index contributed by atoms with van der Waals surface area (Å²) in [5.74, 6) is 0. The van der Waals surface area contributed by atoms with E-state index >= 15 is 0 Å². The number of pyridine rings is 1. The van der Waals surface area contributed by atoms with Crippen molar-refractivity contribution in [3.63, 3.8) is 0 Å². The lowest BCUT2D eigenvalue weighted by Crippen LogP contribution is -2.25. The lowest BCUT2D eigenvalue weighted by Gasteiger charge is -2.24. The van der Waals surface area contributed by atoms with Crippen LogP contribution < -0.4 is 0 Å². The van der Waals surface area contributed by atoms with Gasteiger partial charge < -0.3 is 14.6 Å². The van der Waals surface area contributed by atoms with Gasteiger partial charge in [-0.05, 0) is 50.6 Å². The van der Waals surface area contributed by atoms with Crippen LogP contribution in [0, 0.1) is 6.92 Å². The summed E-state index contributed by atoms with van der Waals surface area (Å²) in [6, 6.07) is 8.40. The first-order valence-electron chi connectivity index (χ1n) is 9.78. The first-order chi connectivity index (χ1) is 12.9. The third kappa shape index (κ3) is 3.28. The Kier molecular flexibility index (Phi) is 4.57. The second-order valence-corrected chi connectivity index (χ2v) is 8.30. The first kappa shape index (κ1) is 18.2. The van der Waals surface area contributed by atoms with Gasteiger partial charge in [0.15, 0.2) is 0 Å². The van der Waals surface area contributed by atoms with Crippen LogP contribution in [0.3, 0.4) is 0 Å². The summed E-state index contributed by atoms with van der Waals surface area (Å²) < 4.78 is 2.37. The smallest absolute Gasteiger partial charge is 0.0924 e. The van der Waals surface area contributed by atoms with Gasteiger partial charge in [0, 0.05) is 62.0 Å². The molecule has 3 heterocycles. The van der Waals surface area contributed by atoms with Gasteiger partial charge in [0.25, 0.3) is 0 Å². The van der Waals surface area contributed by atoms with Crippen LogP contribution in [0.1, 0.15) is 34.9 Å². The summed E-state index contributed by atoms with van der Waals surface area (Å²) in [7, 11) is 4.39. The van der Waals surface area contributed by atoms with Gasteiger partial charge >= 0.3 is 0 Å². The summed E-state index contributed by atoms with van der Waals surface area (Å²) in [5, 5.41) is 12.6. The molecule has 0 saturated carbocycles. The van der Waals surface area contributed by atoms with Gasteiger partial charge in [-0.15, -0.1) is 0 Å². The number of likely N-dealkylation sites (N-methyl/N-ethyl adjacent to an activating group) is 1. The zero-order valence-corrected chi connectivity index (χ0v) is 16.8. The zero-order valence-electron chi connectivity index (χ0n) is 16.8. The summed E-state index contributed by atoms with van der Waals surface area (Å²) in [6.45, 7) is 6.24. The molecule has 1 N–H and O–H groups in total. The molecule has 0 fully saturated rings. The molecule has 1 atom stereocenters. The van der Waals surface area contributed by atoms with Gasteiger partial charge in [-0.1, -0.05) is 17.7 Å². The number of aromatic nitrogens is 2. The second kappa shape index (κ2) is 6.77. The Balaban J connectivity index is 1.84. The average Bonchev–Trinajstić information content (AvgIpc) is 2.76. The van der Waals surface area contributed by atoms with Crippen LogP contribution >= 0.6 is 0 Å². The maximum Gasteiger partial charge on any atom is 0.0924 e. The van der Waals surface area contributed by atoms with E-state index in [0.29, 0.717) is 6.42 Å². The van der Waals surface area contributed by atoms with Gasteiger partial charge in [0.05, 0.1) is 11.1 Å². The van der Waals surface area contributed by atoms with E-state index in [9.17, 15) is 5.11 Å². The number of rotatable bonds is 3. The van der Waals surface area contributed by atoms with Crippen molar-refractivity contribution in [3.8, 4) is 0 Å². The maximum absolute atomic E-state index is 11.2. The third-order valence-electron chi connectivity index (χ3n) is 6.04. The number of benzene rings is 1. The molecule has 27 heavy (non-hydrogen) atoms. The monoisotopic (exact) mass is 363 g/mol. The van der Waals surface area contributed by atoms with Gasteiger partial charge in [-0.3, -0.25) is 4.98 Å². The van der Waals surface area contributed by atoms with E-state index in [1.54, 1.807) is 12.4 Å². The predicted octanol–water partition coefficient (Wildman–Crippen LogP) is 3.36.